The van der Waals surface area contributed by atoms with Crippen molar-refractivity contribution >= 4 is 0 Å². The summed E-state index contributed by atoms with van der Waals surface area (Å²) in [6.07, 6.45) is 7.37. The van der Waals surface area contributed by atoms with Crippen molar-refractivity contribution in [2.75, 3.05) is 7.05 Å². The highest BCUT2D eigenvalue weighted by molar-refractivity contribution is 5.09. The minimum absolute atomic E-state index is 0.650. The lowest BCUT2D eigenvalue weighted by atomic mass is 9.94. The summed E-state index contributed by atoms with van der Waals surface area (Å²) in [7, 11) is 2.05. The van der Waals surface area contributed by atoms with Crippen LogP contribution in [0, 0.1) is 5.92 Å². The fourth-order valence-corrected chi connectivity index (χ4v) is 1.98. The summed E-state index contributed by atoms with van der Waals surface area (Å²) in [4.78, 5) is 4.14. The molecule has 1 heterocycles. The van der Waals surface area contributed by atoms with Crippen molar-refractivity contribution in [1.82, 2.24) is 10.3 Å². The average Bonchev–Trinajstić information content (AvgIpc) is 2.27. The van der Waals surface area contributed by atoms with Crippen LogP contribution in [0.1, 0.15) is 32.3 Å². The molecule has 1 rings (SSSR count). The molecule has 0 aliphatic carbocycles. The van der Waals surface area contributed by atoms with E-state index in [0.29, 0.717) is 12.0 Å². The van der Waals surface area contributed by atoms with Crippen molar-refractivity contribution in [3.63, 3.8) is 0 Å². The molecule has 0 saturated heterocycles. The zero-order valence-corrected chi connectivity index (χ0v) is 10.0. The fraction of sp³-hybridized carbons (Fsp3) is 0.615. The van der Waals surface area contributed by atoms with Gasteiger partial charge in [-0.05, 0) is 43.9 Å². The van der Waals surface area contributed by atoms with Gasteiger partial charge in [-0.3, -0.25) is 4.98 Å². The number of aromatic nitrogens is 1. The first-order chi connectivity index (χ1) is 7.26. The fourth-order valence-electron chi connectivity index (χ4n) is 1.98. The van der Waals surface area contributed by atoms with Gasteiger partial charge in [0.15, 0.2) is 0 Å². The first-order valence-corrected chi connectivity index (χ1v) is 5.82. The summed E-state index contributed by atoms with van der Waals surface area (Å²) in [5, 5.41) is 3.35. The molecule has 1 aromatic rings. The Labute approximate surface area is 93.1 Å². The van der Waals surface area contributed by atoms with Crippen molar-refractivity contribution in [1.29, 1.82) is 0 Å². The summed E-state index contributed by atoms with van der Waals surface area (Å²) in [6, 6.07) is 4.82. The molecule has 1 aromatic heterocycles. The number of hydrogen-bond acceptors (Lipinski definition) is 2. The predicted octanol–water partition coefficient (Wildman–Crippen LogP) is 2.65. The van der Waals surface area contributed by atoms with Crippen LogP contribution < -0.4 is 5.32 Å². The Kier molecular flexibility index (Phi) is 5.33. The van der Waals surface area contributed by atoms with E-state index in [-0.39, 0.29) is 0 Å². The normalized spacial score (nSPS) is 14.9. The van der Waals surface area contributed by atoms with Gasteiger partial charge in [0, 0.05) is 18.4 Å². The van der Waals surface area contributed by atoms with Crippen LogP contribution in [0.25, 0.3) is 0 Å². The molecule has 84 valence electrons. The summed E-state index contributed by atoms with van der Waals surface area (Å²) in [5.74, 6) is 0.714. The molecule has 0 aliphatic rings. The van der Waals surface area contributed by atoms with E-state index in [0.717, 1.165) is 6.42 Å². The average molecular weight is 206 g/mol. The van der Waals surface area contributed by atoms with Gasteiger partial charge in [-0.1, -0.05) is 19.9 Å². The molecule has 0 bridgehead atoms. The Hall–Kier alpha value is -0.890. The molecule has 2 nitrogen and oxygen atoms in total. The van der Waals surface area contributed by atoms with Gasteiger partial charge in [-0.25, -0.2) is 0 Å². The van der Waals surface area contributed by atoms with Crippen molar-refractivity contribution in [3.8, 4) is 0 Å². The monoisotopic (exact) mass is 206 g/mol. The van der Waals surface area contributed by atoms with E-state index in [4.69, 9.17) is 0 Å². The van der Waals surface area contributed by atoms with Crippen LogP contribution in [0.15, 0.2) is 24.5 Å². The topological polar surface area (TPSA) is 24.9 Å². The summed E-state index contributed by atoms with van der Waals surface area (Å²) < 4.78 is 0. The highest BCUT2D eigenvalue weighted by atomic mass is 14.9. The molecule has 2 unspecified atom stereocenters. The number of rotatable bonds is 6. The van der Waals surface area contributed by atoms with E-state index in [9.17, 15) is 0 Å². The van der Waals surface area contributed by atoms with Crippen molar-refractivity contribution in [2.24, 2.45) is 5.92 Å². The van der Waals surface area contributed by atoms with E-state index in [1.165, 1.54) is 18.4 Å². The van der Waals surface area contributed by atoms with Crippen LogP contribution in [0.2, 0.25) is 0 Å². The molecule has 0 spiro atoms. The highest BCUT2D eigenvalue weighted by Gasteiger charge is 2.10. The minimum atomic E-state index is 0.650. The second-order valence-corrected chi connectivity index (χ2v) is 4.30. The van der Waals surface area contributed by atoms with Gasteiger partial charge in [-0.2, -0.15) is 0 Å². The second-order valence-electron chi connectivity index (χ2n) is 4.30. The van der Waals surface area contributed by atoms with Crippen molar-refractivity contribution in [3.05, 3.63) is 30.1 Å². The van der Waals surface area contributed by atoms with Crippen LogP contribution >= 0.6 is 0 Å². The maximum absolute atomic E-state index is 4.14. The Balaban J connectivity index is 2.39. The molecule has 1 N–H and O–H groups in total. The maximum atomic E-state index is 4.14. The summed E-state index contributed by atoms with van der Waals surface area (Å²) in [6.45, 7) is 4.55. The van der Waals surface area contributed by atoms with E-state index in [1.807, 2.05) is 25.5 Å². The van der Waals surface area contributed by atoms with E-state index >= 15 is 0 Å². The number of pyridine rings is 1. The van der Waals surface area contributed by atoms with Gasteiger partial charge < -0.3 is 5.32 Å². The third-order valence-corrected chi connectivity index (χ3v) is 2.89. The zero-order chi connectivity index (χ0) is 11.1. The van der Waals surface area contributed by atoms with Gasteiger partial charge >= 0.3 is 0 Å². The van der Waals surface area contributed by atoms with Crippen LogP contribution in [0.4, 0.5) is 0 Å². The Morgan fingerprint density at radius 3 is 2.80 bits per heavy atom. The first-order valence-electron chi connectivity index (χ1n) is 5.82. The third kappa shape index (κ3) is 4.43. The Morgan fingerprint density at radius 1 is 1.47 bits per heavy atom. The molecular formula is C13H22N2. The van der Waals surface area contributed by atoms with Crippen molar-refractivity contribution < 1.29 is 0 Å². The van der Waals surface area contributed by atoms with E-state index in [1.54, 1.807) is 0 Å². The van der Waals surface area contributed by atoms with Crippen LogP contribution in [0.5, 0.6) is 0 Å². The minimum Gasteiger partial charge on any atom is -0.317 e. The van der Waals surface area contributed by atoms with Gasteiger partial charge in [0.25, 0.3) is 0 Å². The quantitative estimate of drug-likeness (QED) is 0.774. The predicted molar refractivity (Wildman–Crippen MR) is 64.9 cm³/mol. The van der Waals surface area contributed by atoms with Gasteiger partial charge in [0.05, 0.1) is 0 Å². The summed E-state index contributed by atoms with van der Waals surface area (Å²) >= 11 is 0. The molecule has 0 saturated carbocycles. The van der Waals surface area contributed by atoms with Crippen LogP contribution in [-0.2, 0) is 6.42 Å². The number of hydrogen-bond donors (Lipinski definition) is 1. The Morgan fingerprint density at radius 2 is 2.27 bits per heavy atom. The summed E-state index contributed by atoms with van der Waals surface area (Å²) in [5.41, 5.74) is 1.34. The zero-order valence-electron chi connectivity index (χ0n) is 10.0. The first kappa shape index (κ1) is 12.2. The highest BCUT2D eigenvalue weighted by Crippen LogP contribution is 2.14. The molecule has 2 atom stereocenters. The molecular weight excluding hydrogens is 184 g/mol. The molecule has 0 fully saturated rings. The molecule has 2 heteroatoms. The largest absolute Gasteiger partial charge is 0.317 e. The number of nitrogens with one attached hydrogen (secondary N) is 1. The van der Waals surface area contributed by atoms with Gasteiger partial charge in [0.1, 0.15) is 0 Å². The SMILES string of the molecule is CCC(CC(C)Cc1cccnc1)NC. The maximum Gasteiger partial charge on any atom is 0.0299 e. The molecule has 0 aliphatic heterocycles. The van der Waals surface area contributed by atoms with Gasteiger partial charge in [0.2, 0.25) is 0 Å². The van der Waals surface area contributed by atoms with Crippen molar-refractivity contribution in [2.45, 2.75) is 39.2 Å². The molecule has 0 radical (unpaired) electrons. The number of nitrogens with zero attached hydrogens (tertiary/aromatic N) is 1. The molecule has 0 aromatic carbocycles. The lowest BCUT2D eigenvalue weighted by molar-refractivity contribution is 0.410. The lowest BCUT2D eigenvalue weighted by Crippen LogP contribution is -2.26. The lowest BCUT2D eigenvalue weighted by Gasteiger charge is -2.18. The molecule has 15 heavy (non-hydrogen) atoms. The van der Waals surface area contributed by atoms with Gasteiger partial charge in [-0.15, -0.1) is 0 Å². The molecule has 0 amide bonds. The van der Waals surface area contributed by atoms with E-state index < -0.39 is 0 Å². The third-order valence-electron chi connectivity index (χ3n) is 2.89. The van der Waals surface area contributed by atoms with Crippen LogP contribution in [0.3, 0.4) is 0 Å². The second kappa shape index (κ2) is 6.57. The van der Waals surface area contributed by atoms with Crippen LogP contribution in [-0.4, -0.2) is 18.1 Å². The van der Waals surface area contributed by atoms with E-state index in [2.05, 4.69) is 30.2 Å². The smallest absolute Gasteiger partial charge is 0.0299 e. The standard InChI is InChI=1S/C13H22N2/c1-4-13(14-3)9-11(2)8-12-6-5-7-15-10-12/h5-7,10-11,13-14H,4,8-9H2,1-3H3. The Bertz CT molecular complexity index is 254.